The molecule has 1 aliphatic heterocycles. The Morgan fingerprint density at radius 1 is 1.44 bits per heavy atom. The molecule has 1 aliphatic rings. The molecule has 2 rings (SSSR count). The summed E-state index contributed by atoms with van der Waals surface area (Å²) in [6.45, 7) is 5.18. The third-order valence-corrected chi connectivity index (χ3v) is 4.41. The molecule has 0 fully saturated rings. The van der Waals surface area contributed by atoms with Crippen molar-refractivity contribution in [2.45, 2.75) is 25.2 Å². The average molecular weight is 279 g/mol. The lowest BCUT2D eigenvalue weighted by Gasteiger charge is -2.18. The number of hydrogen-bond acceptors (Lipinski definition) is 4. The number of nitrogens with zero attached hydrogens (tertiary/aromatic N) is 1. The van der Waals surface area contributed by atoms with Crippen LogP contribution in [0.15, 0.2) is 34.2 Å². The molecule has 0 bridgehead atoms. The van der Waals surface area contributed by atoms with Crippen molar-refractivity contribution in [1.82, 2.24) is 0 Å². The van der Waals surface area contributed by atoms with Gasteiger partial charge in [-0.2, -0.15) is 0 Å². The molecule has 0 amide bonds. The first kappa shape index (κ1) is 13.4. The number of anilines is 1. The second-order valence-corrected chi connectivity index (χ2v) is 5.57. The molecular weight excluding hydrogens is 262 g/mol. The predicted octanol–water partition coefficient (Wildman–Crippen LogP) is 4.25. The highest BCUT2D eigenvalue weighted by Gasteiger charge is 2.24. The Balaban J connectivity index is 2.37. The van der Waals surface area contributed by atoms with Gasteiger partial charge < -0.3 is 9.64 Å². The van der Waals surface area contributed by atoms with Gasteiger partial charge in [0.05, 0.1) is 17.8 Å². The maximum Gasteiger partial charge on any atom is 0.121 e. The molecule has 0 aromatic heterocycles. The van der Waals surface area contributed by atoms with Crippen LogP contribution in [-0.2, 0) is 0 Å². The second kappa shape index (κ2) is 5.76. The molecule has 0 aliphatic carbocycles. The number of thioether (sulfide) groups is 1. The first-order valence-corrected chi connectivity index (χ1v) is 7.30. The van der Waals surface area contributed by atoms with E-state index in [0.717, 1.165) is 23.6 Å². The lowest BCUT2D eigenvalue weighted by atomic mass is 10.2. The van der Waals surface area contributed by atoms with Crippen LogP contribution in [0.4, 0.5) is 5.69 Å². The SMILES string of the molecule is CCC(=S)C=C1Sc2ccc(OC)cc2N1CC. The number of methoxy groups -OCH3 is 1. The molecule has 96 valence electrons. The summed E-state index contributed by atoms with van der Waals surface area (Å²) < 4.78 is 5.29. The number of rotatable bonds is 4. The molecule has 0 atom stereocenters. The summed E-state index contributed by atoms with van der Waals surface area (Å²) in [6.07, 6.45) is 3.02. The van der Waals surface area contributed by atoms with Crippen molar-refractivity contribution in [1.29, 1.82) is 0 Å². The monoisotopic (exact) mass is 279 g/mol. The minimum Gasteiger partial charge on any atom is -0.497 e. The van der Waals surface area contributed by atoms with Gasteiger partial charge in [0.1, 0.15) is 5.75 Å². The van der Waals surface area contributed by atoms with Gasteiger partial charge >= 0.3 is 0 Å². The van der Waals surface area contributed by atoms with Crippen LogP contribution in [-0.4, -0.2) is 18.5 Å². The molecule has 1 heterocycles. The first-order valence-electron chi connectivity index (χ1n) is 6.07. The zero-order chi connectivity index (χ0) is 13.1. The van der Waals surface area contributed by atoms with Gasteiger partial charge in [0.15, 0.2) is 0 Å². The number of benzene rings is 1. The lowest BCUT2D eigenvalue weighted by Crippen LogP contribution is -2.17. The van der Waals surface area contributed by atoms with Crippen molar-refractivity contribution in [3.8, 4) is 5.75 Å². The normalized spacial score (nSPS) is 15.9. The van der Waals surface area contributed by atoms with Crippen molar-refractivity contribution < 1.29 is 4.74 Å². The fourth-order valence-corrected chi connectivity index (χ4v) is 3.24. The Kier molecular flexibility index (Phi) is 4.30. The summed E-state index contributed by atoms with van der Waals surface area (Å²) in [6, 6.07) is 6.19. The van der Waals surface area contributed by atoms with Crippen molar-refractivity contribution in [3.05, 3.63) is 29.3 Å². The fraction of sp³-hybridized carbons (Fsp3) is 0.357. The van der Waals surface area contributed by atoms with Gasteiger partial charge in [-0.1, -0.05) is 30.9 Å². The maximum absolute atomic E-state index is 5.31. The van der Waals surface area contributed by atoms with Crippen molar-refractivity contribution >= 4 is 34.5 Å². The second-order valence-electron chi connectivity index (χ2n) is 3.98. The zero-order valence-corrected chi connectivity index (χ0v) is 12.5. The molecule has 1 aromatic rings. The third kappa shape index (κ3) is 2.54. The maximum atomic E-state index is 5.31. The Hall–Kier alpha value is -1.00. The number of ether oxygens (including phenoxy) is 1. The van der Waals surface area contributed by atoms with Gasteiger partial charge in [-0.15, -0.1) is 0 Å². The van der Waals surface area contributed by atoms with E-state index < -0.39 is 0 Å². The molecule has 0 radical (unpaired) electrons. The largest absolute Gasteiger partial charge is 0.497 e. The third-order valence-electron chi connectivity index (χ3n) is 2.89. The van der Waals surface area contributed by atoms with E-state index in [2.05, 4.69) is 37.0 Å². The highest BCUT2D eigenvalue weighted by atomic mass is 32.2. The molecule has 0 saturated carbocycles. The molecule has 0 N–H and O–H groups in total. The highest BCUT2D eigenvalue weighted by molar-refractivity contribution is 8.03. The van der Waals surface area contributed by atoms with Crippen molar-refractivity contribution in [2.24, 2.45) is 0 Å². The van der Waals surface area contributed by atoms with E-state index in [4.69, 9.17) is 17.0 Å². The molecule has 0 unspecified atom stereocenters. The van der Waals surface area contributed by atoms with Crippen LogP contribution in [0, 0.1) is 0 Å². The van der Waals surface area contributed by atoms with Crippen LogP contribution in [0.5, 0.6) is 5.75 Å². The Labute approximate surface area is 118 Å². The minimum absolute atomic E-state index is 0.895. The molecule has 18 heavy (non-hydrogen) atoms. The fourth-order valence-electron chi connectivity index (χ4n) is 1.88. The van der Waals surface area contributed by atoms with E-state index in [0.29, 0.717) is 0 Å². The Morgan fingerprint density at radius 2 is 2.22 bits per heavy atom. The summed E-state index contributed by atoms with van der Waals surface area (Å²) in [5, 5.41) is 1.22. The minimum atomic E-state index is 0.895. The van der Waals surface area contributed by atoms with Crippen molar-refractivity contribution in [3.63, 3.8) is 0 Å². The summed E-state index contributed by atoms with van der Waals surface area (Å²) >= 11 is 7.09. The standard InChI is InChI=1S/C14H17NOS2/c1-4-11(17)9-14-15(5-2)12-8-10(16-3)6-7-13(12)18-14/h6-9H,4-5H2,1-3H3. The zero-order valence-electron chi connectivity index (χ0n) is 10.9. The quantitative estimate of drug-likeness (QED) is 0.603. The summed E-state index contributed by atoms with van der Waals surface area (Å²) in [5.74, 6) is 0.895. The van der Waals surface area contributed by atoms with Gasteiger partial charge in [-0.25, -0.2) is 0 Å². The smallest absolute Gasteiger partial charge is 0.121 e. The van der Waals surface area contributed by atoms with E-state index in [-0.39, 0.29) is 0 Å². The topological polar surface area (TPSA) is 12.5 Å². The van der Waals surface area contributed by atoms with E-state index in [1.165, 1.54) is 15.6 Å². The number of hydrogen-bond donors (Lipinski definition) is 0. The van der Waals surface area contributed by atoms with Crippen LogP contribution in [0.3, 0.4) is 0 Å². The van der Waals surface area contributed by atoms with Gasteiger partial charge in [0.25, 0.3) is 0 Å². The van der Waals surface area contributed by atoms with Crippen LogP contribution in [0.2, 0.25) is 0 Å². The van der Waals surface area contributed by atoms with Crippen LogP contribution >= 0.6 is 24.0 Å². The van der Waals surface area contributed by atoms with E-state index in [1.54, 1.807) is 18.9 Å². The summed E-state index contributed by atoms with van der Waals surface area (Å²) in [5.41, 5.74) is 1.21. The lowest BCUT2D eigenvalue weighted by molar-refractivity contribution is 0.414. The first-order chi connectivity index (χ1) is 8.69. The Morgan fingerprint density at radius 3 is 2.83 bits per heavy atom. The highest BCUT2D eigenvalue weighted by Crippen LogP contribution is 2.47. The molecule has 1 aromatic carbocycles. The molecular formula is C14H17NOS2. The van der Waals surface area contributed by atoms with Gasteiger partial charge in [-0.05, 0) is 31.6 Å². The number of thiocarbonyl (C=S) groups is 1. The van der Waals surface area contributed by atoms with E-state index >= 15 is 0 Å². The van der Waals surface area contributed by atoms with Gasteiger partial charge in [0, 0.05) is 22.4 Å². The van der Waals surface area contributed by atoms with Crippen LogP contribution < -0.4 is 9.64 Å². The summed E-state index contributed by atoms with van der Waals surface area (Å²) in [7, 11) is 1.70. The molecule has 0 saturated heterocycles. The summed E-state index contributed by atoms with van der Waals surface area (Å²) in [4.78, 5) is 4.54. The number of allylic oxidation sites excluding steroid dienone is 1. The average Bonchev–Trinajstić information content (AvgIpc) is 2.74. The van der Waals surface area contributed by atoms with Crippen molar-refractivity contribution in [2.75, 3.05) is 18.6 Å². The van der Waals surface area contributed by atoms with Crippen LogP contribution in [0.1, 0.15) is 20.3 Å². The Bertz CT molecular complexity index is 497. The van der Waals surface area contributed by atoms with Gasteiger partial charge in [0.2, 0.25) is 0 Å². The molecule has 2 nitrogen and oxygen atoms in total. The molecule has 0 spiro atoms. The van der Waals surface area contributed by atoms with E-state index in [1.807, 2.05) is 6.07 Å². The van der Waals surface area contributed by atoms with E-state index in [9.17, 15) is 0 Å². The number of fused-ring (bicyclic) bond motifs is 1. The van der Waals surface area contributed by atoms with Gasteiger partial charge in [-0.3, -0.25) is 0 Å². The predicted molar refractivity (Wildman–Crippen MR) is 82.8 cm³/mol. The van der Waals surface area contributed by atoms with Crippen LogP contribution in [0.25, 0.3) is 0 Å². The molecule has 4 heteroatoms.